The number of hydrogen-bond donors (Lipinski definition) is 2. The van der Waals surface area contributed by atoms with Crippen LogP contribution in [0.2, 0.25) is 0 Å². The van der Waals surface area contributed by atoms with Crippen LogP contribution in [0.25, 0.3) is 5.57 Å². The minimum absolute atomic E-state index is 0.144. The first-order valence-electron chi connectivity index (χ1n) is 5.81. The summed E-state index contributed by atoms with van der Waals surface area (Å²) in [6.07, 6.45) is 3.87. The third kappa shape index (κ3) is 2.18. The molecular formula is C14H18O2. The maximum Gasteiger partial charge on any atom is 0.0793 e. The predicted molar refractivity (Wildman–Crippen MR) is 65.2 cm³/mol. The molecule has 0 fully saturated rings. The van der Waals surface area contributed by atoms with Gasteiger partial charge in [0.1, 0.15) is 0 Å². The zero-order chi connectivity index (χ0) is 11.5. The Kier molecular flexibility index (Phi) is 3.42. The molecule has 1 aromatic carbocycles. The van der Waals surface area contributed by atoms with E-state index in [1.807, 2.05) is 0 Å². The van der Waals surface area contributed by atoms with Gasteiger partial charge in [0.05, 0.1) is 6.10 Å². The van der Waals surface area contributed by atoms with Crippen molar-refractivity contribution in [2.45, 2.75) is 32.3 Å². The Balaban J connectivity index is 2.18. The number of aliphatic hydroxyl groups excluding tert-OH is 2. The Labute approximate surface area is 96.2 Å². The summed E-state index contributed by atoms with van der Waals surface area (Å²) in [7, 11) is 0. The number of aryl methyl sites for hydroxylation is 1. The molecule has 2 heteroatoms. The Morgan fingerprint density at radius 1 is 1.38 bits per heavy atom. The first kappa shape index (κ1) is 11.4. The van der Waals surface area contributed by atoms with Gasteiger partial charge in [-0.05, 0) is 42.9 Å². The average Bonchev–Trinajstić information content (AvgIpc) is 2.68. The van der Waals surface area contributed by atoms with Crippen LogP contribution in [0.4, 0.5) is 0 Å². The number of benzene rings is 1. The fourth-order valence-electron chi connectivity index (χ4n) is 2.22. The lowest BCUT2D eigenvalue weighted by molar-refractivity contribution is 0.198. The van der Waals surface area contributed by atoms with Crippen molar-refractivity contribution in [3.8, 4) is 0 Å². The van der Waals surface area contributed by atoms with Gasteiger partial charge >= 0.3 is 0 Å². The maximum absolute atomic E-state index is 10.0. The largest absolute Gasteiger partial charge is 0.396 e. The Hall–Kier alpha value is -1.12. The van der Waals surface area contributed by atoms with E-state index in [2.05, 4.69) is 31.2 Å². The van der Waals surface area contributed by atoms with Gasteiger partial charge in [-0.3, -0.25) is 0 Å². The molecule has 1 aromatic rings. The lowest BCUT2D eigenvalue weighted by Crippen LogP contribution is -2.09. The Morgan fingerprint density at radius 3 is 2.94 bits per heavy atom. The highest BCUT2D eigenvalue weighted by Crippen LogP contribution is 2.31. The highest BCUT2D eigenvalue weighted by Gasteiger charge is 2.19. The summed E-state index contributed by atoms with van der Waals surface area (Å²) in [5.74, 6) is 0. The van der Waals surface area contributed by atoms with Crippen LogP contribution in [-0.4, -0.2) is 22.9 Å². The van der Waals surface area contributed by atoms with E-state index < -0.39 is 6.10 Å². The van der Waals surface area contributed by atoms with Crippen LogP contribution in [0.3, 0.4) is 0 Å². The molecule has 0 saturated carbocycles. The Morgan fingerprint density at radius 2 is 2.19 bits per heavy atom. The lowest BCUT2D eigenvalue weighted by Gasteiger charge is -2.13. The molecule has 0 bridgehead atoms. The average molecular weight is 218 g/mol. The molecule has 0 aromatic heterocycles. The van der Waals surface area contributed by atoms with Gasteiger partial charge in [0.25, 0.3) is 0 Å². The number of aliphatic hydroxyl groups is 2. The van der Waals surface area contributed by atoms with Crippen LogP contribution in [0.15, 0.2) is 24.3 Å². The van der Waals surface area contributed by atoms with E-state index in [9.17, 15) is 5.11 Å². The van der Waals surface area contributed by atoms with Gasteiger partial charge in [0, 0.05) is 6.61 Å². The number of fused-ring (bicyclic) bond motifs is 1. The first-order valence-corrected chi connectivity index (χ1v) is 5.81. The third-order valence-corrected chi connectivity index (χ3v) is 3.11. The summed E-state index contributed by atoms with van der Waals surface area (Å²) in [4.78, 5) is 0. The maximum atomic E-state index is 10.0. The second-order valence-corrected chi connectivity index (χ2v) is 4.41. The molecule has 0 radical (unpaired) electrons. The monoisotopic (exact) mass is 218 g/mol. The molecule has 2 nitrogen and oxygen atoms in total. The molecule has 16 heavy (non-hydrogen) atoms. The molecular weight excluding hydrogens is 200 g/mol. The van der Waals surface area contributed by atoms with Gasteiger partial charge in [-0.1, -0.05) is 29.8 Å². The molecule has 1 aliphatic carbocycles. The van der Waals surface area contributed by atoms with E-state index in [1.54, 1.807) is 0 Å². The minimum atomic E-state index is -0.435. The van der Waals surface area contributed by atoms with Crippen molar-refractivity contribution in [3.63, 3.8) is 0 Å². The molecule has 2 N–H and O–H groups in total. The first-order chi connectivity index (χ1) is 7.72. The SMILES string of the molecule is Cc1ccc2c(c1)C(C(O)CCCO)=CC2. The molecule has 0 spiro atoms. The zero-order valence-corrected chi connectivity index (χ0v) is 9.61. The summed E-state index contributed by atoms with van der Waals surface area (Å²) in [5.41, 5.74) is 4.74. The van der Waals surface area contributed by atoms with Gasteiger partial charge in [0.2, 0.25) is 0 Å². The summed E-state index contributed by atoms with van der Waals surface area (Å²) in [5, 5.41) is 18.8. The lowest BCUT2D eigenvalue weighted by atomic mass is 9.97. The second kappa shape index (κ2) is 4.81. The van der Waals surface area contributed by atoms with Gasteiger partial charge in [0.15, 0.2) is 0 Å². The van der Waals surface area contributed by atoms with Gasteiger partial charge in [-0.15, -0.1) is 0 Å². The molecule has 2 rings (SSSR count). The Bertz CT molecular complexity index is 407. The smallest absolute Gasteiger partial charge is 0.0793 e. The molecule has 86 valence electrons. The van der Waals surface area contributed by atoms with E-state index in [1.165, 1.54) is 16.7 Å². The van der Waals surface area contributed by atoms with Crippen LogP contribution >= 0.6 is 0 Å². The zero-order valence-electron chi connectivity index (χ0n) is 9.61. The van der Waals surface area contributed by atoms with Crippen molar-refractivity contribution in [1.82, 2.24) is 0 Å². The van der Waals surface area contributed by atoms with Crippen LogP contribution < -0.4 is 0 Å². The fraction of sp³-hybridized carbons (Fsp3) is 0.429. The van der Waals surface area contributed by atoms with Crippen molar-refractivity contribution in [3.05, 3.63) is 41.0 Å². The topological polar surface area (TPSA) is 40.5 Å². The van der Waals surface area contributed by atoms with Crippen LogP contribution in [0.5, 0.6) is 0 Å². The molecule has 1 unspecified atom stereocenters. The van der Waals surface area contributed by atoms with Crippen molar-refractivity contribution < 1.29 is 10.2 Å². The molecule has 1 atom stereocenters. The normalized spacial score (nSPS) is 15.8. The van der Waals surface area contributed by atoms with E-state index in [-0.39, 0.29) is 6.61 Å². The van der Waals surface area contributed by atoms with E-state index in [0.717, 1.165) is 12.0 Å². The minimum Gasteiger partial charge on any atom is -0.396 e. The fourth-order valence-corrected chi connectivity index (χ4v) is 2.22. The van der Waals surface area contributed by atoms with E-state index >= 15 is 0 Å². The number of hydrogen-bond acceptors (Lipinski definition) is 2. The van der Waals surface area contributed by atoms with Crippen LogP contribution in [0, 0.1) is 6.92 Å². The highest BCUT2D eigenvalue weighted by molar-refractivity contribution is 5.75. The summed E-state index contributed by atoms with van der Waals surface area (Å²) in [6.45, 7) is 2.21. The molecule has 0 amide bonds. The molecule has 0 aliphatic heterocycles. The van der Waals surface area contributed by atoms with Crippen molar-refractivity contribution >= 4 is 5.57 Å². The summed E-state index contributed by atoms with van der Waals surface area (Å²) in [6, 6.07) is 6.37. The third-order valence-electron chi connectivity index (χ3n) is 3.11. The predicted octanol–water partition coefficient (Wildman–Crippen LogP) is 2.07. The summed E-state index contributed by atoms with van der Waals surface area (Å²) >= 11 is 0. The molecule has 0 heterocycles. The standard InChI is InChI=1S/C14H18O2/c1-10-4-5-11-6-7-12(13(11)9-10)14(16)3-2-8-15/h4-5,7,9,14-16H,2-3,6,8H2,1H3. The molecule has 0 saturated heterocycles. The quantitative estimate of drug-likeness (QED) is 0.812. The highest BCUT2D eigenvalue weighted by atomic mass is 16.3. The number of rotatable bonds is 4. The van der Waals surface area contributed by atoms with Crippen LogP contribution in [-0.2, 0) is 6.42 Å². The van der Waals surface area contributed by atoms with Gasteiger partial charge in [-0.2, -0.15) is 0 Å². The van der Waals surface area contributed by atoms with Crippen molar-refractivity contribution in [1.29, 1.82) is 0 Å². The van der Waals surface area contributed by atoms with Gasteiger partial charge in [-0.25, -0.2) is 0 Å². The van der Waals surface area contributed by atoms with Crippen LogP contribution in [0.1, 0.15) is 29.5 Å². The van der Waals surface area contributed by atoms with Crippen molar-refractivity contribution in [2.75, 3.05) is 6.61 Å². The summed E-state index contributed by atoms with van der Waals surface area (Å²) < 4.78 is 0. The van der Waals surface area contributed by atoms with Gasteiger partial charge < -0.3 is 10.2 Å². The molecule has 1 aliphatic rings. The number of allylic oxidation sites excluding steroid dienone is 1. The van der Waals surface area contributed by atoms with E-state index in [0.29, 0.717) is 12.8 Å². The van der Waals surface area contributed by atoms with E-state index in [4.69, 9.17) is 5.11 Å². The van der Waals surface area contributed by atoms with Crippen molar-refractivity contribution in [2.24, 2.45) is 0 Å². The second-order valence-electron chi connectivity index (χ2n) is 4.41.